The number of hydrogen-bond acceptors (Lipinski definition) is 4. The zero-order valence-corrected chi connectivity index (χ0v) is 14.2. The Morgan fingerprint density at radius 2 is 1.52 bits per heavy atom. The van der Waals surface area contributed by atoms with Crippen molar-refractivity contribution < 1.29 is 4.39 Å². The average Bonchev–Trinajstić information content (AvgIpc) is 3.15. The minimum atomic E-state index is -0.356. The van der Waals surface area contributed by atoms with Crippen LogP contribution in [0, 0.1) is 5.82 Å². The number of aromatic nitrogens is 4. The van der Waals surface area contributed by atoms with Crippen LogP contribution in [0.25, 0.3) is 27.9 Å². The maximum atomic E-state index is 14.4. The number of para-hydroxylation sites is 2. The van der Waals surface area contributed by atoms with Crippen LogP contribution in [0.4, 0.5) is 16.0 Å². The Hall–Kier alpha value is -3.80. The van der Waals surface area contributed by atoms with Crippen LogP contribution in [-0.4, -0.2) is 19.6 Å². The number of nitrogens with zero attached hydrogens (tertiary/aromatic N) is 4. The first kappa shape index (κ1) is 15.5. The van der Waals surface area contributed by atoms with E-state index in [0.717, 1.165) is 16.6 Å². The first-order chi connectivity index (χ1) is 13.3. The molecule has 0 saturated heterocycles. The van der Waals surface area contributed by atoms with Gasteiger partial charge >= 0.3 is 0 Å². The fourth-order valence-electron chi connectivity index (χ4n) is 3.14. The van der Waals surface area contributed by atoms with Gasteiger partial charge in [-0.25, -0.2) is 13.8 Å². The standard InChI is InChI=1S/C21H14FN5/c22-17-12-6-4-10-15(17)19-25-26-20-16-11-5-7-13-18(16)24-21(27(19)20)23-14-8-2-1-3-9-14/h1-13H,(H,23,24). The number of rotatable bonds is 3. The molecule has 3 aromatic carbocycles. The van der Waals surface area contributed by atoms with Crippen LogP contribution in [-0.2, 0) is 0 Å². The van der Waals surface area contributed by atoms with E-state index in [1.54, 1.807) is 22.6 Å². The third-order valence-corrected chi connectivity index (χ3v) is 4.39. The molecule has 27 heavy (non-hydrogen) atoms. The van der Waals surface area contributed by atoms with Crippen molar-refractivity contribution in [3.8, 4) is 11.4 Å². The largest absolute Gasteiger partial charge is 0.325 e. The van der Waals surface area contributed by atoms with Crippen molar-refractivity contribution in [2.24, 2.45) is 0 Å². The Labute approximate surface area is 154 Å². The van der Waals surface area contributed by atoms with Gasteiger partial charge in [-0.15, -0.1) is 10.2 Å². The molecule has 0 aliphatic carbocycles. The van der Waals surface area contributed by atoms with E-state index >= 15 is 0 Å². The van der Waals surface area contributed by atoms with Crippen molar-refractivity contribution in [3.63, 3.8) is 0 Å². The molecule has 0 bridgehead atoms. The first-order valence-corrected chi connectivity index (χ1v) is 8.52. The van der Waals surface area contributed by atoms with E-state index in [1.165, 1.54) is 6.07 Å². The summed E-state index contributed by atoms with van der Waals surface area (Å²) in [4.78, 5) is 4.74. The third-order valence-electron chi connectivity index (χ3n) is 4.39. The summed E-state index contributed by atoms with van der Waals surface area (Å²) in [5.41, 5.74) is 2.65. The number of hydrogen-bond donors (Lipinski definition) is 1. The van der Waals surface area contributed by atoms with Gasteiger partial charge in [-0.3, -0.25) is 0 Å². The van der Waals surface area contributed by atoms with Crippen molar-refractivity contribution >= 4 is 28.2 Å². The fraction of sp³-hybridized carbons (Fsp3) is 0. The Bertz CT molecular complexity index is 1260. The molecule has 1 N–H and O–H groups in total. The van der Waals surface area contributed by atoms with Gasteiger partial charge in [0.1, 0.15) is 5.82 Å². The Balaban J connectivity index is 1.83. The summed E-state index contributed by atoms with van der Waals surface area (Å²) < 4.78 is 16.2. The summed E-state index contributed by atoms with van der Waals surface area (Å²) in [7, 11) is 0. The number of fused-ring (bicyclic) bond motifs is 3. The van der Waals surface area contributed by atoms with Gasteiger partial charge < -0.3 is 5.32 Å². The number of halogens is 1. The van der Waals surface area contributed by atoms with Gasteiger partial charge in [0, 0.05) is 11.1 Å². The molecule has 5 aromatic rings. The van der Waals surface area contributed by atoms with Crippen molar-refractivity contribution in [1.29, 1.82) is 0 Å². The van der Waals surface area contributed by atoms with Crippen molar-refractivity contribution in [2.75, 3.05) is 5.32 Å². The molecule has 0 amide bonds. The molecule has 0 radical (unpaired) electrons. The molecule has 0 fully saturated rings. The molecule has 0 aliphatic rings. The van der Waals surface area contributed by atoms with E-state index in [4.69, 9.17) is 4.98 Å². The highest BCUT2D eigenvalue weighted by Crippen LogP contribution is 2.29. The Morgan fingerprint density at radius 1 is 0.778 bits per heavy atom. The van der Waals surface area contributed by atoms with Crippen LogP contribution in [0.1, 0.15) is 0 Å². The van der Waals surface area contributed by atoms with Crippen LogP contribution >= 0.6 is 0 Å². The van der Waals surface area contributed by atoms with Crippen LogP contribution in [0.15, 0.2) is 78.9 Å². The molecule has 0 unspecified atom stereocenters. The van der Waals surface area contributed by atoms with E-state index in [2.05, 4.69) is 15.5 Å². The molecule has 130 valence electrons. The van der Waals surface area contributed by atoms with Gasteiger partial charge in [-0.05, 0) is 36.4 Å². The van der Waals surface area contributed by atoms with E-state index in [0.29, 0.717) is 23.0 Å². The zero-order valence-electron chi connectivity index (χ0n) is 14.2. The van der Waals surface area contributed by atoms with E-state index in [-0.39, 0.29) is 5.82 Å². The summed E-state index contributed by atoms with van der Waals surface area (Å²) in [6, 6.07) is 23.9. The number of benzene rings is 3. The molecule has 5 nitrogen and oxygen atoms in total. The molecule has 5 rings (SSSR count). The Morgan fingerprint density at radius 3 is 2.37 bits per heavy atom. The highest BCUT2D eigenvalue weighted by molar-refractivity contribution is 5.93. The average molecular weight is 355 g/mol. The molecule has 6 heteroatoms. The molecular weight excluding hydrogens is 341 g/mol. The lowest BCUT2D eigenvalue weighted by Gasteiger charge is -2.11. The molecule has 0 atom stereocenters. The lowest BCUT2D eigenvalue weighted by Crippen LogP contribution is -2.04. The summed E-state index contributed by atoms with van der Waals surface area (Å²) >= 11 is 0. The lowest BCUT2D eigenvalue weighted by molar-refractivity contribution is 0.629. The lowest BCUT2D eigenvalue weighted by atomic mass is 10.2. The van der Waals surface area contributed by atoms with Gasteiger partial charge in [0.05, 0.1) is 11.1 Å². The second-order valence-electron chi connectivity index (χ2n) is 6.11. The monoisotopic (exact) mass is 355 g/mol. The molecule has 0 saturated carbocycles. The van der Waals surface area contributed by atoms with Crippen molar-refractivity contribution in [2.45, 2.75) is 0 Å². The van der Waals surface area contributed by atoms with Crippen LogP contribution < -0.4 is 5.32 Å². The maximum Gasteiger partial charge on any atom is 0.215 e. The molecular formula is C21H14FN5. The predicted molar refractivity (Wildman–Crippen MR) is 103 cm³/mol. The molecule has 0 aliphatic heterocycles. The molecule has 2 heterocycles. The smallest absolute Gasteiger partial charge is 0.215 e. The van der Waals surface area contributed by atoms with E-state index in [1.807, 2.05) is 54.6 Å². The minimum Gasteiger partial charge on any atom is -0.325 e. The van der Waals surface area contributed by atoms with E-state index in [9.17, 15) is 4.39 Å². The SMILES string of the molecule is Fc1ccccc1-c1nnc2c3ccccc3nc(Nc3ccccc3)n12. The highest BCUT2D eigenvalue weighted by atomic mass is 19.1. The van der Waals surface area contributed by atoms with Gasteiger partial charge in [-0.1, -0.05) is 42.5 Å². The fourth-order valence-corrected chi connectivity index (χ4v) is 3.14. The topological polar surface area (TPSA) is 55.1 Å². The second kappa shape index (κ2) is 6.17. The van der Waals surface area contributed by atoms with Crippen LogP contribution in [0.2, 0.25) is 0 Å². The van der Waals surface area contributed by atoms with Gasteiger partial charge in [0.15, 0.2) is 11.5 Å². The minimum absolute atomic E-state index is 0.356. The maximum absolute atomic E-state index is 14.4. The third kappa shape index (κ3) is 2.58. The van der Waals surface area contributed by atoms with Crippen LogP contribution in [0.3, 0.4) is 0 Å². The highest BCUT2D eigenvalue weighted by Gasteiger charge is 2.18. The normalized spacial score (nSPS) is 11.1. The summed E-state index contributed by atoms with van der Waals surface area (Å²) in [6.07, 6.45) is 0. The second-order valence-corrected chi connectivity index (χ2v) is 6.11. The quantitative estimate of drug-likeness (QED) is 0.504. The first-order valence-electron chi connectivity index (χ1n) is 8.52. The summed E-state index contributed by atoms with van der Waals surface area (Å²) in [5.74, 6) is 0.573. The van der Waals surface area contributed by atoms with E-state index < -0.39 is 0 Å². The number of anilines is 2. The van der Waals surface area contributed by atoms with Gasteiger partial charge in [0.25, 0.3) is 0 Å². The van der Waals surface area contributed by atoms with Gasteiger partial charge in [-0.2, -0.15) is 0 Å². The van der Waals surface area contributed by atoms with Crippen molar-refractivity contribution in [3.05, 3.63) is 84.7 Å². The molecule has 0 spiro atoms. The number of nitrogens with one attached hydrogen (secondary N) is 1. The summed E-state index contributed by atoms with van der Waals surface area (Å²) in [5, 5.41) is 12.8. The van der Waals surface area contributed by atoms with Crippen LogP contribution in [0.5, 0.6) is 0 Å². The van der Waals surface area contributed by atoms with Gasteiger partial charge in [0.2, 0.25) is 5.95 Å². The summed E-state index contributed by atoms with van der Waals surface area (Å²) in [6.45, 7) is 0. The van der Waals surface area contributed by atoms with Crippen molar-refractivity contribution in [1.82, 2.24) is 19.6 Å². The molecule has 2 aromatic heterocycles. The predicted octanol–water partition coefficient (Wildman–Crippen LogP) is 4.83. The Kier molecular flexibility index (Phi) is 3.53. The zero-order chi connectivity index (χ0) is 18.2.